The number of hydrogen-bond acceptors (Lipinski definition) is 5. The van der Waals surface area contributed by atoms with Gasteiger partial charge in [-0.3, -0.25) is 9.10 Å². The van der Waals surface area contributed by atoms with Gasteiger partial charge in [-0.05, 0) is 61.6 Å². The van der Waals surface area contributed by atoms with Crippen molar-refractivity contribution in [2.24, 2.45) is 0 Å². The number of amides is 1. The van der Waals surface area contributed by atoms with Crippen LogP contribution in [0.4, 0.5) is 36.4 Å². The summed E-state index contributed by atoms with van der Waals surface area (Å²) in [7, 11) is -4.61. The third kappa shape index (κ3) is 5.89. The zero-order valence-corrected chi connectivity index (χ0v) is 22.2. The molecule has 0 unspecified atom stereocenters. The Morgan fingerprint density at radius 1 is 0.951 bits per heavy atom. The number of nitrogens with one attached hydrogen (secondary N) is 1. The number of aryl methyl sites for hydroxylation is 1. The van der Waals surface area contributed by atoms with Crippen LogP contribution in [0.1, 0.15) is 49.7 Å². The lowest BCUT2D eigenvalue weighted by atomic mass is 9.87. The molecule has 0 bridgehead atoms. The Kier molecular flexibility index (Phi) is 8.37. The van der Waals surface area contributed by atoms with Crippen LogP contribution in [0.25, 0.3) is 0 Å². The van der Waals surface area contributed by atoms with Crippen molar-refractivity contribution in [3.8, 4) is 0 Å². The second-order valence-electron chi connectivity index (χ2n) is 10.2. The molecule has 3 atom stereocenters. The van der Waals surface area contributed by atoms with Crippen LogP contribution in [0.15, 0.2) is 47.4 Å². The maximum absolute atomic E-state index is 13.7. The van der Waals surface area contributed by atoms with Crippen molar-refractivity contribution in [2.45, 2.75) is 86.0 Å². The number of anilines is 1. The van der Waals surface area contributed by atoms with Crippen LogP contribution in [0, 0.1) is 5.82 Å². The van der Waals surface area contributed by atoms with Crippen LogP contribution in [0.3, 0.4) is 0 Å². The van der Waals surface area contributed by atoms with E-state index >= 15 is 0 Å². The number of fused-ring (bicyclic) bond motifs is 1. The highest BCUT2D eigenvalue weighted by Gasteiger charge is 2.71. The van der Waals surface area contributed by atoms with E-state index in [1.165, 1.54) is 0 Å². The van der Waals surface area contributed by atoms with E-state index in [1.54, 1.807) is 0 Å². The van der Waals surface area contributed by atoms with Gasteiger partial charge in [0.05, 0.1) is 28.8 Å². The second-order valence-corrected chi connectivity index (χ2v) is 12.0. The van der Waals surface area contributed by atoms with Gasteiger partial charge in [0.15, 0.2) is 0 Å². The number of hydrogen-bond donors (Lipinski definition) is 3. The molecule has 7 nitrogen and oxygen atoms in total. The molecule has 3 N–H and O–H groups in total. The van der Waals surface area contributed by atoms with Gasteiger partial charge in [-0.15, -0.1) is 0 Å². The summed E-state index contributed by atoms with van der Waals surface area (Å²) in [4.78, 5) is 12.5. The molecule has 1 fully saturated rings. The summed E-state index contributed by atoms with van der Waals surface area (Å²) >= 11 is 0. The van der Waals surface area contributed by atoms with Crippen LogP contribution in [0.2, 0.25) is 0 Å². The number of sulfonamides is 1. The lowest BCUT2D eigenvalue weighted by molar-refractivity contribution is -0.376. The Bertz CT molecular complexity index is 1370. The van der Waals surface area contributed by atoms with Gasteiger partial charge in [-0.25, -0.2) is 12.8 Å². The number of carbonyl (C=O) groups is 1. The molecule has 0 radical (unpaired) electrons. The van der Waals surface area contributed by atoms with Crippen molar-refractivity contribution < 1.29 is 54.2 Å². The first kappa shape index (κ1) is 31.0. The number of benzene rings is 2. The van der Waals surface area contributed by atoms with Gasteiger partial charge in [0.25, 0.3) is 15.6 Å². The summed E-state index contributed by atoms with van der Waals surface area (Å²) in [5.74, 6) is -1.36. The molecule has 0 aromatic heterocycles. The molecule has 1 heterocycles. The summed E-state index contributed by atoms with van der Waals surface area (Å²) in [6.07, 6.45) is -11.4. The standard InChI is InChI=1S/C26H27F7N2O5S/c27-17-7-10-19(11-8-17)41(39,40)35-18(14-23(37)34-20-3-1-2-4-22(20)36)9-5-15-13-16(6-12-21(15)35)24(38,25(28,29)30)26(31,32)33/h6-8,10-13,18,20,22,36,38H,1-5,9,14H2,(H,34,37)/t18-,20+,22+/m0/s1. The Labute approximate surface area is 231 Å². The van der Waals surface area contributed by atoms with Crippen LogP contribution in [-0.4, -0.2) is 55.1 Å². The van der Waals surface area contributed by atoms with E-state index in [2.05, 4.69) is 5.32 Å². The first-order valence-corrected chi connectivity index (χ1v) is 14.2. The maximum atomic E-state index is 13.7. The number of rotatable bonds is 6. The molecule has 0 spiro atoms. The van der Waals surface area contributed by atoms with Crippen molar-refractivity contribution in [3.05, 3.63) is 59.4 Å². The van der Waals surface area contributed by atoms with E-state index in [0.29, 0.717) is 25.0 Å². The van der Waals surface area contributed by atoms with Gasteiger partial charge in [0, 0.05) is 12.0 Å². The molecular formula is C26H27F7N2O5S. The minimum atomic E-state index is -6.14. The molecule has 15 heteroatoms. The number of alkyl halides is 6. The highest BCUT2D eigenvalue weighted by molar-refractivity contribution is 7.92. The van der Waals surface area contributed by atoms with Crippen molar-refractivity contribution in [1.82, 2.24) is 5.32 Å². The van der Waals surface area contributed by atoms with E-state index < -0.39 is 74.8 Å². The third-order valence-corrected chi connectivity index (χ3v) is 9.38. The number of halogens is 7. The SMILES string of the molecule is O=C(C[C@@H]1CCc2cc(C(O)(C(F)(F)F)C(F)(F)F)ccc2N1S(=O)(=O)c1ccc(F)cc1)N[C@@H]1CCCC[C@H]1O. The molecule has 2 aromatic rings. The van der Waals surface area contributed by atoms with Crippen LogP contribution in [0.5, 0.6) is 0 Å². The fourth-order valence-corrected chi connectivity index (χ4v) is 7.06. The lowest BCUT2D eigenvalue weighted by Gasteiger charge is -2.39. The molecule has 0 saturated heterocycles. The normalized spacial score (nSPS) is 22.3. The van der Waals surface area contributed by atoms with E-state index in [9.17, 15) is 54.2 Å². The van der Waals surface area contributed by atoms with E-state index in [1.807, 2.05) is 0 Å². The highest BCUT2D eigenvalue weighted by atomic mass is 32.2. The second kappa shape index (κ2) is 11.1. The van der Waals surface area contributed by atoms with Crippen molar-refractivity contribution in [2.75, 3.05) is 4.31 Å². The Morgan fingerprint density at radius 3 is 2.15 bits per heavy atom. The predicted octanol–water partition coefficient (Wildman–Crippen LogP) is 4.46. The molecule has 41 heavy (non-hydrogen) atoms. The zero-order valence-electron chi connectivity index (χ0n) is 21.3. The van der Waals surface area contributed by atoms with Crippen LogP contribution in [-0.2, 0) is 26.8 Å². The van der Waals surface area contributed by atoms with Crippen molar-refractivity contribution >= 4 is 21.6 Å². The van der Waals surface area contributed by atoms with E-state index in [0.717, 1.165) is 47.5 Å². The van der Waals surface area contributed by atoms with Crippen LogP contribution >= 0.6 is 0 Å². The first-order chi connectivity index (χ1) is 19.0. The first-order valence-electron chi connectivity index (χ1n) is 12.7. The molecule has 1 aliphatic carbocycles. The molecule has 226 valence electrons. The van der Waals surface area contributed by atoms with Gasteiger partial charge < -0.3 is 15.5 Å². The summed E-state index contributed by atoms with van der Waals surface area (Å²) in [6.45, 7) is 0. The third-order valence-electron chi connectivity index (χ3n) is 7.50. The summed E-state index contributed by atoms with van der Waals surface area (Å²) in [5.41, 5.74) is -7.28. The Balaban J connectivity index is 1.75. The molecule has 2 aliphatic rings. The van der Waals surface area contributed by atoms with E-state index in [4.69, 9.17) is 0 Å². The van der Waals surface area contributed by atoms with E-state index in [-0.39, 0.29) is 24.1 Å². The van der Waals surface area contributed by atoms with Crippen molar-refractivity contribution in [1.29, 1.82) is 0 Å². The summed E-state index contributed by atoms with van der Waals surface area (Å²) < 4.78 is 123. The quantitative estimate of drug-likeness (QED) is 0.418. The van der Waals surface area contributed by atoms with Gasteiger partial charge in [-0.2, -0.15) is 26.3 Å². The largest absolute Gasteiger partial charge is 0.430 e. The van der Waals surface area contributed by atoms with Gasteiger partial charge in [0.2, 0.25) is 5.91 Å². The molecule has 4 rings (SSSR count). The zero-order chi connectivity index (χ0) is 30.4. The molecule has 1 saturated carbocycles. The smallest absolute Gasteiger partial charge is 0.391 e. The average Bonchev–Trinajstić information content (AvgIpc) is 2.88. The number of aliphatic hydroxyl groups excluding tert-OH is 1. The lowest BCUT2D eigenvalue weighted by Crippen LogP contribution is -2.54. The number of aliphatic hydroxyl groups is 2. The maximum Gasteiger partial charge on any atom is 0.430 e. The summed E-state index contributed by atoms with van der Waals surface area (Å²) in [6, 6.07) is 3.45. The minimum Gasteiger partial charge on any atom is -0.391 e. The van der Waals surface area contributed by atoms with Gasteiger partial charge >= 0.3 is 12.4 Å². The Hall–Kier alpha value is -2.91. The fraction of sp³-hybridized carbons (Fsp3) is 0.500. The molecular weight excluding hydrogens is 585 g/mol. The van der Waals surface area contributed by atoms with Crippen LogP contribution < -0.4 is 9.62 Å². The number of carbonyl (C=O) groups excluding carboxylic acids is 1. The molecule has 1 aliphatic heterocycles. The summed E-state index contributed by atoms with van der Waals surface area (Å²) in [5, 5.41) is 22.7. The molecule has 1 amide bonds. The number of nitrogens with zero attached hydrogens (tertiary/aromatic N) is 1. The monoisotopic (exact) mass is 612 g/mol. The Morgan fingerprint density at radius 2 is 1.56 bits per heavy atom. The topological polar surface area (TPSA) is 107 Å². The molecule has 2 aromatic carbocycles. The average molecular weight is 613 g/mol. The van der Waals surface area contributed by atoms with Gasteiger partial charge in [0.1, 0.15) is 5.82 Å². The van der Waals surface area contributed by atoms with Gasteiger partial charge in [-0.1, -0.05) is 25.0 Å². The fourth-order valence-electron chi connectivity index (χ4n) is 5.34. The highest BCUT2D eigenvalue weighted by Crippen LogP contribution is 2.51. The van der Waals surface area contributed by atoms with Crippen molar-refractivity contribution in [3.63, 3.8) is 0 Å². The minimum absolute atomic E-state index is 0.173. The predicted molar refractivity (Wildman–Crippen MR) is 132 cm³/mol.